The minimum absolute atomic E-state index is 0.349. The largest absolute Gasteiger partial charge is 0.495 e. The van der Waals surface area contributed by atoms with E-state index in [0.29, 0.717) is 34.7 Å². The number of fused-ring (bicyclic) bond motifs is 3. The van der Waals surface area contributed by atoms with Gasteiger partial charge in [-0.3, -0.25) is 4.98 Å². The predicted molar refractivity (Wildman–Crippen MR) is 121 cm³/mol. The first-order valence-corrected chi connectivity index (χ1v) is 10.8. The van der Waals surface area contributed by atoms with Crippen LogP contribution in [0.2, 0.25) is 0 Å². The first-order valence-electron chi connectivity index (χ1n) is 10.8. The van der Waals surface area contributed by atoms with Gasteiger partial charge in [-0.2, -0.15) is 5.26 Å². The molecule has 3 N–H and O–H groups in total. The van der Waals surface area contributed by atoms with Gasteiger partial charge in [-0.05, 0) is 30.3 Å². The number of hydrogen-bond donors (Lipinski definition) is 3. The van der Waals surface area contributed by atoms with Crippen molar-refractivity contribution >= 4 is 0 Å². The fourth-order valence-corrected chi connectivity index (χ4v) is 5.79. The van der Waals surface area contributed by atoms with Gasteiger partial charge in [-0.15, -0.1) is 0 Å². The van der Waals surface area contributed by atoms with Crippen LogP contribution in [0.4, 0.5) is 0 Å². The summed E-state index contributed by atoms with van der Waals surface area (Å²) in [5, 5.41) is 36.8. The van der Waals surface area contributed by atoms with Crippen LogP contribution in [0.5, 0.6) is 11.5 Å². The second-order valence-electron chi connectivity index (χ2n) is 8.56. The first-order chi connectivity index (χ1) is 16.0. The fraction of sp³-hybridized carbons (Fsp3) is 0.308. The molecule has 7 heteroatoms. The summed E-state index contributed by atoms with van der Waals surface area (Å²) in [6, 6.07) is 18.9. The summed E-state index contributed by atoms with van der Waals surface area (Å²) in [7, 11) is 3.32. The van der Waals surface area contributed by atoms with Gasteiger partial charge in [0, 0.05) is 18.4 Å². The quantitative estimate of drug-likeness (QED) is 0.556. The summed E-state index contributed by atoms with van der Waals surface area (Å²) >= 11 is 0. The Bertz CT molecular complexity index is 1210. The van der Waals surface area contributed by atoms with Gasteiger partial charge in [0.1, 0.15) is 11.5 Å². The molecule has 0 spiro atoms. The molecule has 2 aromatic carbocycles. The van der Waals surface area contributed by atoms with Gasteiger partial charge >= 0.3 is 0 Å². The van der Waals surface area contributed by atoms with Crippen molar-refractivity contribution in [1.82, 2.24) is 10.3 Å². The maximum absolute atomic E-state index is 12.5. The number of hydrogen-bond acceptors (Lipinski definition) is 7. The molecule has 1 aliphatic carbocycles. The molecular weight excluding hydrogens is 418 g/mol. The van der Waals surface area contributed by atoms with Crippen molar-refractivity contribution in [2.45, 2.75) is 23.2 Å². The van der Waals surface area contributed by atoms with E-state index in [9.17, 15) is 15.5 Å². The zero-order valence-electron chi connectivity index (χ0n) is 18.4. The molecule has 7 nitrogen and oxygen atoms in total. The highest BCUT2D eigenvalue weighted by molar-refractivity contribution is 5.59. The first kappa shape index (κ1) is 21.4. The van der Waals surface area contributed by atoms with Crippen molar-refractivity contribution in [3.8, 4) is 17.6 Å². The highest BCUT2D eigenvalue weighted by Crippen LogP contribution is 2.69. The molecule has 0 bridgehead atoms. The molecule has 0 radical (unpaired) electrons. The maximum Gasteiger partial charge on any atom is 0.177 e. The normalized spacial score (nSPS) is 29.6. The summed E-state index contributed by atoms with van der Waals surface area (Å²) in [5.74, 6) is -0.0918. The number of pyridine rings is 1. The SMILES string of the molecule is CNC[C@H]1[C@@H](O)[C@@]2(O)c3c(OC)cncc3O[C@@]2(c2ccc(C#N)cc2)[C@@H]1c1ccccc1. The van der Waals surface area contributed by atoms with Gasteiger partial charge in [0.15, 0.2) is 11.2 Å². The van der Waals surface area contributed by atoms with Crippen LogP contribution in [0.25, 0.3) is 0 Å². The number of methoxy groups -OCH3 is 1. The summed E-state index contributed by atoms with van der Waals surface area (Å²) in [4.78, 5) is 4.22. The monoisotopic (exact) mass is 443 g/mol. The molecule has 33 heavy (non-hydrogen) atoms. The topological polar surface area (TPSA) is 108 Å². The van der Waals surface area contributed by atoms with Gasteiger partial charge in [-0.1, -0.05) is 42.5 Å². The average molecular weight is 444 g/mol. The van der Waals surface area contributed by atoms with E-state index < -0.39 is 23.2 Å². The number of aliphatic hydroxyl groups is 2. The molecule has 0 amide bonds. The van der Waals surface area contributed by atoms with Crippen LogP contribution in [0.3, 0.4) is 0 Å². The number of nitrogens with zero attached hydrogens (tertiary/aromatic N) is 2. The summed E-state index contributed by atoms with van der Waals surface area (Å²) in [5.41, 5.74) is -0.730. The number of nitriles is 1. The Labute approximate surface area is 192 Å². The van der Waals surface area contributed by atoms with Crippen molar-refractivity contribution < 1.29 is 19.7 Å². The second kappa shape index (κ2) is 7.85. The Morgan fingerprint density at radius 3 is 2.52 bits per heavy atom. The number of aromatic nitrogens is 1. The molecular formula is C26H25N3O4. The number of nitrogens with one attached hydrogen (secondary N) is 1. The Morgan fingerprint density at radius 1 is 1.15 bits per heavy atom. The van der Waals surface area contributed by atoms with E-state index >= 15 is 0 Å². The van der Waals surface area contributed by atoms with Crippen molar-refractivity contribution in [3.05, 3.63) is 89.2 Å². The average Bonchev–Trinajstić information content (AvgIpc) is 3.23. The van der Waals surface area contributed by atoms with E-state index in [1.165, 1.54) is 13.3 Å². The molecule has 0 saturated heterocycles. The molecule has 1 fully saturated rings. The van der Waals surface area contributed by atoms with Crippen LogP contribution < -0.4 is 14.8 Å². The molecule has 0 unspecified atom stereocenters. The Hall–Kier alpha value is -3.44. The molecule has 5 atom stereocenters. The number of aliphatic hydroxyl groups excluding tert-OH is 1. The van der Waals surface area contributed by atoms with Crippen LogP contribution in [-0.2, 0) is 11.2 Å². The predicted octanol–water partition coefficient (Wildman–Crippen LogP) is 2.43. The van der Waals surface area contributed by atoms with Crippen molar-refractivity contribution in [2.24, 2.45) is 5.92 Å². The minimum atomic E-state index is -1.83. The molecule has 5 rings (SSSR count). The van der Waals surface area contributed by atoms with Gasteiger partial charge in [0.2, 0.25) is 0 Å². The summed E-state index contributed by atoms with van der Waals surface area (Å²) < 4.78 is 12.2. The molecule has 168 valence electrons. The fourth-order valence-electron chi connectivity index (χ4n) is 5.79. The van der Waals surface area contributed by atoms with Gasteiger partial charge in [-0.25, -0.2) is 0 Å². The standard InChI is InChI=1S/C26H25N3O4/c1-28-13-19-22(17-6-4-3-5-7-17)26(18-10-8-16(12-27)9-11-18)25(31,24(19)30)23-20(32-2)14-29-15-21(23)33-26/h3-11,14-15,19,22,24,28,30-31H,13H2,1-2H3/t19-,22-,24-,25+,26+/m1/s1. The molecule has 2 aliphatic rings. The Morgan fingerprint density at radius 2 is 1.88 bits per heavy atom. The Kier molecular flexibility index (Phi) is 5.09. The van der Waals surface area contributed by atoms with Crippen LogP contribution in [0.15, 0.2) is 67.0 Å². The number of ether oxygens (including phenoxy) is 2. The molecule has 3 aromatic rings. The molecule has 1 aliphatic heterocycles. The van der Waals surface area contributed by atoms with E-state index in [0.717, 1.165) is 5.56 Å². The Balaban J connectivity index is 1.85. The zero-order valence-corrected chi connectivity index (χ0v) is 18.4. The van der Waals surface area contributed by atoms with Gasteiger partial charge < -0.3 is 25.0 Å². The summed E-state index contributed by atoms with van der Waals surface area (Å²) in [6.45, 7) is 0.452. The van der Waals surface area contributed by atoms with Crippen LogP contribution in [-0.4, -0.2) is 42.0 Å². The van der Waals surface area contributed by atoms with Gasteiger partial charge in [0.25, 0.3) is 0 Å². The third-order valence-corrected chi connectivity index (χ3v) is 7.06. The number of benzene rings is 2. The van der Waals surface area contributed by atoms with E-state index in [1.54, 1.807) is 30.5 Å². The summed E-state index contributed by atoms with van der Waals surface area (Å²) in [6.07, 6.45) is 1.88. The lowest BCUT2D eigenvalue weighted by Gasteiger charge is -2.41. The maximum atomic E-state index is 12.5. The van der Waals surface area contributed by atoms with E-state index in [4.69, 9.17) is 9.47 Å². The third-order valence-electron chi connectivity index (χ3n) is 7.06. The number of rotatable bonds is 5. The van der Waals surface area contributed by atoms with Gasteiger partial charge in [0.05, 0.1) is 42.8 Å². The molecule has 1 aromatic heterocycles. The highest BCUT2D eigenvalue weighted by atomic mass is 16.5. The lowest BCUT2D eigenvalue weighted by molar-refractivity contribution is -0.152. The van der Waals surface area contributed by atoms with E-state index in [2.05, 4.69) is 16.4 Å². The smallest absolute Gasteiger partial charge is 0.177 e. The van der Waals surface area contributed by atoms with Crippen LogP contribution in [0, 0.1) is 17.2 Å². The lowest BCUT2D eigenvalue weighted by Crippen LogP contribution is -2.52. The molecule has 2 heterocycles. The minimum Gasteiger partial charge on any atom is -0.495 e. The zero-order chi connectivity index (χ0) is 23.2. The highest BCUT2D eigenvalue weighted by Gasteiger charge is 2.76. The second-order valence-corrected chi connectivity index (χ2v) is 8.56. The van der Waals surface area contributed by atoms with E-state index in [-0.39, 0.29) is 5.92 Å². The van der Waals surface area contributed by atoms with Crippen LogP contribution >= 0.6 is 0 Å². The van der Waals surface area contributed by atoms with E-state index in [1.807, 2.05) is 37.4 Å². The molecule has 1 saturated carbocycles. The van der Waals surface area contributed by atoms with Crippen molar-refractivity contribution in [1.29, 1.82) is 5.26 Å². The van der Waals surface area contributed by atoms with Crippen molar-refractivity contribution in [3.63, 3.8) is 0 Å². The third kappa shape index (κ3) is 2.75. The van der Waals surface area contributed by atoms with Crippen LogP contribution in [0.1, 0.15) is 28.2 Å². The van der Waals surface area contributed by atoms with Crippen molar-refractivity contribution in [2.75, 3.05) is 20.7 Å². The lowest BCUT2D eigenvalue weighted by atomic mass is 9.70.